The second-order valence-corrected chi connectivity index (χ2v) is 9.58. The van der Waals surface area contributed by atoms with Crippen molar-refractivity contribution in [2.24, 2.45) is 0 Å². The fraction of sp³-hybridized carbons (Fsp3) is 0.280. The van der Waals surface area contributed by atoms with Crippen molar-refractivity contribution in [2.75, 3.05) is 18.5 Å². The summed E-state index contributed by atoms with van der Waals surface area (Å²) < 4.78 is 5.53. The summed E-state index contributed by atoms with van der Waals surface area (Å²) in [7, 11) is 0. The number of thiazole rings is 1. The minimum Gasteiger partial charge on any atom is -0.480 e. The highest BCUT2D eigenvalue weighted by Gasteiger charge is 2.40. The Morgan fingerprint density at radius 1 is 1.11 bits per heavy atom. The summed E-state index contributed by atoms with van der Waals surface area (Å²) in [4.78, 5) is 42.5. The van der Waals surface area contributed by atoms with E-state index in [1.54, 1.807) is 6.92 Å². The number of benzene rings is 2. The van der Waals surface area contributed by atoms with Gasteiger partial charge >= 0.3 is 12.1 Å². The van der Waals surface area contributed by atoms with E-state index < -0.39 is 30.1 Å². The normalized spacial score (nSPS) is 18.7. The Labute approximate surface area is 205 Å². The number of β-amino-alcohol motifs (C(OH)–C–C–N with tert-alkyl or cyclic N) is 1. The number of hydrogen-bond donors (Lipinski definition) is 3. The van der Waals surface area contributed by atoms with Crippen molar-refractivity contribution in [3.05, 3.63) is 70.2 Å². The molecule has 1 fully saturated rings. The smallest absolute Gasteiger partial charge is 0.413 e. The number of aliphatic hydroxyl groups is 1. The molecule has 3 N–H and O–H groups in total. The van der Waals surface area contributed by atoms with Gasteiger partial charge in [0, 0.05) is 18.9 Å². The molecule has 0 radical (unpaired) electrons. The lowest BCUT2D eigenvalue weighted by atomic mass is 9.98. The van der Waals surface area contributed by atoms with Crippen molar-refractivity contribution in [3.8, 4) is 11.1 Å². The van der Waals surface area contributed by atoms with Crippen molar-refractivity contribution in [2.45, 2.75) is 31.4 Å². The highest BCUT2D eigenvalue weighted by Crippen LogP contribution is 2.44. The first-order valence-corrected chi connectivity index (χ1v) is 12.0. The van der Waals surface area contributed by atoms with Crippen LogP contribution in [0.15, 0.2) is 48.5 Å². The molecular formula is C25H23N3O6S. The Hall–Kier alpha value is -3.76. The number of aliphatic carboxylic acids is 1. The van der Waals surface area contributed by atoms with Gasteiger partial charge in [-0.2, -0.15) is 0 Å². The number of carboxylic acids is 1. The van der Waals surface area contributed by atoms with Crippen LogP contribution in [0.5, 0.6) is 0 Å². The number of anilines is 1. The van der Waals surface area contributed by atoms with Gasteiger partial charge < -0.3 is 19.8 Å². The van der Waals surface area contributed by atoms with E-state index in [1.165, 1.54) is 0 Å². The van der Waals surface area contributed by atoms with Gasteiger partial charge in [0.1, 0.15) is 17.5 Å². The standard InChI is InChI=1S/C25H23N3O6S/c1-13-21(22(30)28-11-14(29)10-20(28)23(31)32)35-24(26-13)27-25(33)34-12-19-17-8-4-2-6-15(17)16-7-3-5-9-18(16)19/h2-9,14,19-20,29H,10-12H2,1H3,(H,31,32)(H,26,27,33)/t14-,20-/m0/s1. The van der Waals surface area contributed by atoms with Gasteiger partial charge in [-0.3, -0.25) is 10.1 Å². The molecule has 10 heteroatoms. The molecule has 2 aliphatic rings. The van der Waals surface area contributed by atoms with E-state index in [0.717, 1.165) is 38.5 Å². The molecule has 2 atom stereocenters. The van der Waals surface area contributed by atoms with Gasteiger partial charge in [0.15, 0.2) is 5.13 Å². The molecule has 1 aromatic heterocycles. The SMILES string of the molecule is Cc1nc(NC(=O)OCC2c3ccccc3-c3ccccc32)sc1C(=O)N1C[C@@H](O)C[C@H]1C(=O)O. The number of carboxylic acid groups (broad SMARTS) is 1. The lowest BCUT2D eigenvalue weighted by Crippen LogP contribution is -2.40. The molecule has 1 aliphatic heterocycles. The first-order valence-electron chi connectivity index (χ1n) is 11.1. The van der Waals surface area contributed by atoms with E-state index in [0.29, 0.717) is 5.69 Å². The molecule has 5 rings (SSSR count). The first kappa shape index (κ1) is 23.0. The van der Waals surface area contributed by atoms with E-state index >= 15 is 0 Å². The maximum absolute atomic E-state index is 12.9. The van der Waals surface area contributed by atoms with E-state index in [1.807, 2.05) is 36.4 Å². The van der Waals surface area contributed by atoms with Crippen LogP contribution in [0.25, 0.3) is 11.1 Å². The predicted octanol–water partition coefficient (Wildman–Crippen LogP) is 3.47. The molecule has 1 aliphatic carbocycles. The number of aliphatic hydroxyl groups excluding tert-OH is 1. The minimum atomic E-state index is -1.17. The average Bonchev–Trinajstić information content (AvgIpc) is 3.50. The molecular weight excluding hydrogens is 470 g/mol. The Bertz CT molecular complexity index is 1280. The number of rotatable bonds is 5. The van der Waals surface area contributed by atoms with Crippen molar-refractivity contribution < 1.29 is 29.3 Å². The molecule has 2 heterocycles. The van der Waals surface area contributed by atoms with Crippen LogP contribution in [-0.4, -0.2) is 63.4 Å². The molecule has 0 unspecified atom stereocenters. The summed E-state index contributed by atoms with van der Waals surface area (Å²) in [5, 5.41) is 22.0. The molecule has 2 aromatic carbocycles. The lowest BCUT2D eigenvalue weighted by molar-refractivity contribution is -0.141. The van der Waals surface area contributed by atoms with Crippen molar-refractivity contribution in [3.63, 3.8) is 0 Å². The zero-order valence-electron chi connectivity index (χ0n) is 18.8. The monoisotopic (exact) mass is 493 g/mol. The highest BCUT2D eigenvalue weighted by molar-refractivity contribution is 7.17. The number of ether oxygens (including phenoxy) is 1. The average molecular weight is 494 g/mol. The van der Waals surface area contributed by atoms with Crippen molar-refractivity contribution >= 4 is 34.4 Å². The Morgan fingerprint density at radius 3 is 2.37 bits per heavy atom. The van der Waals surface area contributed by atoms with Gasteiger partial charge in [0.05, 0.1) is 11.8 Å². The zero-order chi connectivity index (χ0) is 24.7. The van der Waals surface area contributed by atoms with E-state index in [4.69, 9.17) is 4.74 Å². The first-order chi connectivity index (χ1) is 16.8. The third kappa shape index (κ3) is 4.26. The maximum atomic E-state index is 12.9. The third-order valence-corrected chi connectivity index (χ3v) is 7.43. The van der Waals surface area contributed by atoms with Crippen LogP contribution in [0.4, 0.5) is 9.93 Å². The predicted molar refractivity (Wildman–Crippen MR) is 129 cm³/mol. The number of carbonyl (C=O) groups is 3. The minimum absolute atomic E-state index is 0.0240. The van der Waals surface area contributed by atoms with Gasteiger partial charge in [-0.25, -0.2) is 14.6 Å². The van der Waals surface area contributed by atoms with Gasteiger partial charge in [-0.05, 0) is 29.2 Å². The summed E-state index contributed by atoms with van der Waals surface area (Å²) in [5.74, 6) is -1.79. The summed E-state index contributed by atoms with van der Waals surface area (Å²) in [6.07, 6.45) is -1.62. The number of nitrogens with zero attached hydrogens (tertiary/aromatic N) is 2. The molecule has 2 amide bonds. The fourth-order valence-corrected chi connectivity index (χ4v) is 5.68. The molecule has 0 bridgehead atoms. The van der Waals surface area contributed by atoms with Gasteiger partial charge in [-0.1, -0.05) is 59.9 Å². The molecule has 35 heavy (non-hydrogen) atoms. The summed E-state index contributed by atoms with van der Waals surface area (Å²) in [5.41, 5.74) is 4.81. The number of likely N-dealkylation sites (tertiary alicyclic amines) is 1. The Morgan fingerprint density at radius 2 is 1.74 bits per heavy atom. The molecule has 0 spiro atoms. The lowest BCUT2D eigenvalue weighted by Gasteiger charge is -2.20. The molecule has 1 saturated heterocycles. The van der Waals surface area contributed by atoms with Gasteiger partial charge in [-0.15, -0.1) is 0 Å². The Kier molecular flexibility index (Phi) is 6.00. The Balaban J connectivity index is 1.26. The van der Waals surface area contributed by atoms with Gasteiger partial charge in [0.25, 0.3) is 5.91 Å². The molecule has 0 saturated carbocycles. The second-order valence-electron chi connectivity index (χ2n) is 8.59. The topological polar surface area (TPSA) is 129 Å². The fourth-order valence-electron chi connectivity index (χ4n) is 4.77. The van der Waals surface area contributed by atoms with E-state index in [2.05, 4.69) is 22.4 Å². The number of amides is 2. The number of aryl methyl sites for hydroxylation is 1. The van der Waals surface area contributed by atoms with Crippen LogP contribution < -0.4 is 5.32 Å². The quantitative estimate of drug-likeness (QED) is 0.496. The third-order valence-electron chi connectivity index (χ3n) is 6.37. The van der Waals surface area contributed by atoms with Crippen LogP contribution in [0.3, 0.4) is 0 Å². The maximum Gasteiger partial charge on any atom is 0.413 e. The summed E-state index contributed by atoms with van der Waals surface area (Å²) in [6, 6.07) is 15.0. The van der Waals surface area contributed by atoms with Crippen LogP contribution in [0.1, 0.15) is 38.8 Å². The van der Waals surface area contributed by atoms with Crippen molar-refractivity contribution in [1.29, 1.82) is 0 Å². The summed E-state index contributed by atoms with van der Waals surface area (Å²) in [6.45, 7) is 1.68. The second kappa shape index (κ2) is 9.12. The number of fused-ring (bicyclic) bond motifs is 3. The molecule has 3 aromatic rings. The van der Waals surface area contributed by atoms with Crippen LogP contribution in [0, 0.1) is 6.92 Å². The van der Waals surface area contributed by atoms with E-state index in [-0.39, 0.29) is 35.5 Å². The number of hydrogen-bond acceptors (Lipinski definition) is 7. The summed E-state index contributed by atoms with van der Waals surface area (Å²) >= 11 is 0.944. The highest BCUT2D eigenvalue weighted by atomic mass is 32.1. The largest absolute Gasteiger partial charge is 0.480 e. The number of aromatic nitrogens is 1. The van der Waals surface area contributed by atoms with Crippen LogP contribution in [-0.2, 0) is 9.53 Å². The number of nitrogens with one attached hydrogen (secondary N) is 1. The zero-order valence-corrected chi connectivity index (χ0v) is 19.6. The van der Waals surface area contributed by atoms with Crippen molar-refractivity contribution in [1.82, 2.24) is 9.88 Å². The molecule has 9 nitrogen and oxygen atoms in total. The van der Waals surface area contributed by atoms with Gasteiger partial charge in [0.2, 0.25) is 0 Å². The van der Waals surface area contributed by atoms with Crippen LogP contribution in [0.2, 0.25) is 0 Å². The number of carbonyl (C=O) groups excluding carboxylic acids is 2. The van der Waals surface area contributed by atoms with Crippen LogP contribution >= 0.6 is 11.3 Å². The van der Waals surface area contributed by atoms with E-state index in [9.17, 15) is 24.6 Å². The molecule has 180 valence electrons.